The van der Waals surface area contributed by atoms with Crippen LogP contribution in [-0.4, -0.2) is 24.5 Å². The summed E-state index contributed by atoms with van der Waals surface area (Å²) in [5.41, 5.74) is 11.2. The van der Waals surface area contributed by atoms with E-state index in [9.17, 15) is 0 Å². The molecule has 0 amide bonds. The summed E-state index contributed by atoms with van der Waals surface area (Å²) in [6, 6.07) is 17.1. The van der Waals surface area contributed by atoms with Crippen LogP contribution in [0.5, 0.6) is 0 Å². The Bertz CT molecular complexity index is 1940. The number of benzene rings is 2. The molecule has 7 aromatic rings. The van der Waals surface area contributed by atoms with Crippen LogP contribution in [0.15, 0.2) is 85.7 Å². The fraction of sp³-hybridized carbons (Fsp3) is 0.308. The fourth-order valence-electron chi connectivity index (χ4n) is 6.20. The van der Waals surface area contributed by atoms with E-state index in [0.717, 1.165) is 33.1 Å². The molecule has 0 spiro atoms. The molecule has 5 heterocycles. The van der Waals surface area contributed by atoms with E-state index in [4.69, 9.17) is 9.97 Å². The summed E-state index contributed by atoms with van der Waals surface area (Å²) in [6.45, 7) is 18.0. The molecule has 0 aliphatic carbocycles. The topological polar surface area (TPSA) is 74.5 Å². The van der Waals surface area contributed by atoms with E-state index >= 15 is 0 Å². The molecule has 0 unspecified atom stereocenters. The predicted octanol–water partition coefficient (Wildman–Crippen LogP) is 8.73. The van der Waals surface area contributed by atoms with Gasteiger partial charge in [-0.3, -0.25) is 19.5 Å². The number of rotatable bonds is 6. The van der Waals surface area contributed by atoms with E-state index in [1.165, 1.54) is 33.6 Å². The molecule has 0 N–H and O–H groups in total. The Balaban J connectivity index is 0.000000256. The van der Waals surface area contributed by atoms with E-state index < -0.39 is 0 Å². The van der Waals surface area contributed by atoms with Crippen molar-refractivity contribution in [2.45, 2.75) is 79.1 Å². The zero-order valence-corrected chi connectivity index (χ0v) is 30.5. The van der Waals surface area contributed by atoms with Gasteiger partial charge in [0, 0.05) is 58.5 Å². The summed E-state index contributed by atoms with van der Waals surface area (Å²) in [4.78, 5) is 22.2. The summed E-state index contributed by atoms with van der Waals surface area (Å²) >= 11 is 0. The van der Waals surface area contributed by atoms with Crippen LogP contribution in [0.3, 0.4) is 0 Å². The molecule has 7 nitrogen and oxygen atoms in total. The van der Waals surface area contributed by atoms with Crippen LogP contribution in [0.25, 0.3) is 44.5 Å². The van der Waals surface area contributed by atoms with Crippen molar-refractivity contribution in [2.24, 2.45) is 0 Å². The average molecular weight is 806 g/mol. The SMILES string of the molecule is CC(C)c1cccc(C(C)C)c1-n1[c-][n+](-c2c(C(C)C)cccc2C(C)C)c2nccnc21.[Au].c1cc2[n-]c3ccncc3c2cn1. The molecule has 0 fully saturated rings. The Morgan fingerprint density at radius 1 is 0.617 bits per heavy atom. The van der Waals surface area contributed by atoms with Gasteiger partial charge in [0.15, 0.2) is 12.0 Å². The van der Waals surface area contributed by atoms with Gasteiger partial charge in [0.25, 0.3) is 0 Å². The minimum atomic E-state index is 0. The van der Waals surface area contributed by atoms with Gasteiger partial charge < -0.3 is 9.55 Å². The fourth-order valence-corrected chi connectivity index (χ4v) is 6.20. The van der Waals surface area contributed by atoms with Gasteiger partial charge in [-0.15, -0.1) is 11.0 Å². The van der Waals surface area contributed by atoms with Gasteiger partial charge in [-0.1, -0.05) is 104 Å². The van der Waals surface area contributed by atoms with Crippen molar-refractivity contribution in [3.8, 4) is 11.4 Å². The van der Waals surface area contributed by atoms with Gasteiger partial charge in [-0.2, -0.15) is 4.98 Å². The van der Waals surface area contributed by atoms with Gasteiger partial charge in [0.05, 0.1) is 6.20 Å². The number of aromatic nitrogens is 7. The summed E-state index contributed by atoms with van der Waals surface area (Å²) in [6.07, 6.45) is 14.4. The van der Waals surface area contributed by atoms with Crippen molar-refractivity contribution < 1.29 is 26.9 Å². The first-order valence-electron chi connectivity index (χ1n) is 16.2. The van der Waals surface area contributed by atoms with E-state index in [-0.39, 0.29) is 22.4 Å². The Hall–Kier alpha value is -4.17. The smallest absolute Gasteiger partial charge is 0.227 e. The van der Waals surface area contributed by atoms with Gasteiger partial charge >= 0.3 is 0 Å². The molecule has 0 saturated heterocycles. The second-order valence-corrected chi connectivity index (χ2v) is 13.1. The van der Waals surface area contributed by atoms with E-state index in [0.29, 0.717) is 23.7 Å². The van der Waals surface area contributed by atoms with Crippen molar-refractivity contribution in [3.05, 3.63) is 114 Å². The maximum Gasteiger partial charge on any atom is 0.227 e. The second kappa shape index (κ2) is 14.3. The number of nitrogens with zero attached hydrogens (tertiary/aromatic N) is 7. The molecule has 5 aromatic heterocycles. The molecule has 0 saturated carbocycles. The van der Waals surface area contributed by atoms with Crippen LogP contribution >= 0.6 is 0 Å². The Labute approximate surface area is 293 Å². The molecular formula is C39H42AuN7-. The number of imidazole rings is 1. The monoisotopic (exact) mass is 805 g/mol. The zero-order valence-electron chi connectivity index (χ0n) is 28.3. The van der Waals surface area contributed by atoms with Crippen LogP contribution in [0.1, 0.15) is 101 Å². The van der Waals surface area contributed by atoms with Gasteiger partial charge in [-0.25, -0.2) is 0 Å². The molecule has 8 heteroatoms. The molecule has 0 atom stereocenters. The van der Waals surface area contributed by atoms with Crippen molar-refractivity contribution in [1.29, 1.82) is 0 Å². The Morgan fingerprint density at radius 3 is 1.57 bits per heavy atom. The van der Waals surface area contributed by atoms with Crippen molar-refractivity contribution in [2.75, 3.05) is 0 Å². The van der Waals surface area contributed by atoms with E-state index in [1.807, 2.05) is 24.5 Å². The molecule has 1 radical (unpaired) electrons. The van der Waals surface area contributed by atoms with Gasteiger partial charge in [0.2, 0.25) is 5.65 Å². The molecule has 0 aliphatic heterocycles. The first-order chi connectivity index (χ1) is 22.2. The third kappa shape index (κ3) is 6.53. The third-order valence-electron chi connectivity index (χ3n) is 8.54. The standard InChI is InChI=1S/C29H36N4.C10H6N3.Au/c1-18(2)22-11-9-12-23(19(3)4)26(22)32-17-33(29-28(32)30-15-16-31-29)27-24(20(5)6)13-10-14-25(27)21(7)8;1-3-11-5-7-8-6-12-4-2-10(8)13-9(1)7;/h9-16,18-21H,1-8H3;1-6H;/q;-1;. The molecule has 0 bridgehead atoms. The molecule has 7 rings (SSSR count). The van der Waals surface area contributed by atoms with E-state index in [1.54, 1.807) is 24.8 Å². The molecule has 0 aliphatic rings. The van der Waals surface area contributed by atoms with Crippen LogP contribution in [0.2, 0.25) is 0 Å². The minimum absolute atomic E-state index is 0. The maximum absolute atomic E-state index is 4.80. The molecule has 2 aromatic carbocycles. The number of pyridine rings is 2. The normalized spacial score (nSPS) is 11.6. The zero-order chi connectivity index (χ0) is 32.5. The van der Waals surface area contributed by atoms with Crippen molar-refractivity contribution in [1.82, 2.24) is 29.5 Å². The minimum Gasteiger partial charge on any atom is -0.657 e. The van der Waals surface area contributed by atoms with Crippen LogP contribution < -0.4 is 9.55 Å². The van der Waals surface area contributed by atoms with Crippen LogP contribution in [-0.2, 0) is 22.4 Å². The maximum atomic E-state index is 4.80. The Morgan fingerprint density at radius 2 is 1.09 bits per heavy atom. The number of hydrogen-bond donors (Lipinski definition) is 0. The average Bonchev–Trinajstić information content (AvgIpc) is 3.63. The van der Waals surface area contributed by atoms with Crippen LogP contribution in [0, 0.1) is 6.33 Å². The predicted molar refractivity (Wildman–Crippen MR) is 186 cm³/mol. The molecular weight excluding hydrogens is 763 g/mol. The van der Waals surface area contributed by atoms with Crippen molar-refractivity contribution >= 4 is 33.1 Å². The number of hydrogen-bond acceptors (Lipinski definition) is 4. The first-order valence-corrected chi connectivity index (χ1v) is 16.2. The number of para-hydroxylation sites is 2. The molecule has 245 valence electrons. The second-order valence-electron chi connectivity index (χ2n) is 13.1. The summed E-state index contributed by atoms with van der Waals surface area (Å²) in [5.74, 6) is 1.51. The summed E-state index contributed by atoms with van der Waals surface area (Å²) < 4.78 is 4.29. The summed E-state index contributed by atoms with van der Waals surface area (Å²) in [7, 11) is 0. The third-order valence-corrected chi connectivity index (χ3v) is 8.54. The summed E-state index contributed by atoms with van der Waals surface area (Å²) in [5, 5.41) is 2.15. The first kappa shape index (κ1) is 34.2. The van der Waals surface area contributed by atoms with Gasteiger partial charge in [0.1, 0.15) is 6.20 Å². The number of fused-ring (bicyclic) bond motifs is 4. The largest absolute Gasteiger partial charge is 0.657 e. The van der Waals surface area contributed by atoms with Crippen molar-refractivity contribution in [3.63, 3.8) is 0 Å². The van der Waals surface area contributed by atoms with Gasteiger partial charge in [-0.05, 0) is 56.7 Å². The van der Waals surface area contributed by atoms with Crippen LogP contribution in [0.4, 0.5) is 0 Å². The van der Waals surface area contributed by atoms with E-state index in [2.05, 4.69) is 122 Å². The quantitative estimate of drug-likeness (QED) is 0.0956. The Kier molecular flexibility index (Phi) is 10.4. The molecule has 47 heavy (non-hydrogen) atoms.